The molecule has 2 saturated carbocycles. The van der Waals surface area contributed by atoms with E-state index in [0.717, 1.165) is 17.8 Å². The predicted molar refractivity (Wildman–Crippen MR) is 76.5 cm³/mol. The third-order valence-corrected chi connectivity index (χ3v) is 5.04. The van der Waals surface area contributed by atoms with Gasteiger partial charge < -0.3 is 0 Å². The smallest absolute Gasteiger partial charge is 0.0128 e. The van der Waals surface area contributed by atoms with Crippen LogP contribution in [0.4, 0.5) is 0 Å². The van der Waals surface area contributed by atoms with Crippen LogP contribution in [0, 0.1) is 11.8 Å². The summed E-state index contributed by atoms with van der Waals surface area (Å²) < 4.78 is 0. The molecule has 2 fully saturated rings. The van der Waals surface area contributed by atoms with Crippen molar-refractivity contribution in [3.8, 4) is 0 Å². The first kappa shape index (κ1) is 10.8. The van der Waals surface area contributed by atoms with Crippen molar-refractivity contribution >= 4 is 5.57 Å². The summed E-state index contributed by atoms with van der Waals surface area (Å²) in [6, 6.07) is 9.45. The van der Waals surface area contributed by atoms with Gasteiger partial charge >= 0.3 is 0 Å². The molecule has 0 aliphatic heterocycles. The van der Waals surface area contributed by atoms with E-state index in [-0.39, 0.29) is 0 Å². The standard InChI is InChI=1S/C18H22/c1-2-5-13(6-3-1)15-7-4-8-16(11-15)18-12-17(18)14-9-10-14/h4-5,7-8,11,14,17-18H,1-3,6,9-10,12H2. The van der Waals surface area contributed by atoms with Crippen LogP contribution in [-0.4, -0.2) is 0 Å². The minimum Gasteiger partial charge on any atom is -0.0807 e. The monoisotopic (exact) mass is 238 g/mol. The number of allylic oxidation sites excluding steroid dienone is 2. The molecule has 0 spiro atoms. The van der Waals surface area contributed by atoms with E-state index in [4.69, 9.17) is 0 Å². The Labute approximate surface area is 110 Å². The average molecular weight is 238 g/mol. The molecule has 4 rings (SSSR count). The van der Waals surface area contributed by atoms with Crippen molar-refractivity contribution in [2.24, 2.45) is 11.8 Å². The van der Waals surface area contributed by atoms with Crippen molar-refractivity contribution in [2.45, 2.75) is 50.9 Å². The molecule has 3 aliphatic carbocycles. The molecule has 0 radical (unpaired) electrons. The fourth-order valence-corrected chi connectivity index (χ4v) is 3.71. The van der Waals surface area contributed by atoms with Gasteiger partial charge in [0, 0.05) is 0 Å². The highest BCUT2D eigenvalue weighted by Crippen LogP contribution is 2.59. The summed E-state index contributed by atoms with van der Waals surface area (Å²) in [6.07, 6.45) is 12.3. The van der Waals surface area contributed by atoms with Crippen LogP contribution in [0.25, 0.3) is 5.57 Å². The van der Waals surface area contributed by atoms with Crippen molar-refractivity contribution in [1.82, 2.24) is 0 Å². The van der Waals surface area contributed by atoms with Gasteiger partial charge in [-0.1, -0.05) is 30.3 Å². The highest BCUT2D eigenvalue weighted by atomic mass is 14.5. The molecule has 0 saturated heterocycles. The Kier molecular flexibility index (Phi) is 2.57. The molecule has 18 heavy (non-hydrogen) atoms. The molecule has 2 atom stereocenters. The summed E-state index contributed by atoms with van der Waals surface area (Å²) in [5.41, 5.74) is 4.73. The maximum absolute atomic E-state index is 2.49. The molecule has 1 aromatic carbocycles. The Morgan fingerprint density at radius 1 is 1.06 bits per heavy atom. The van der Waals surface area contributed by atoms with E-state index in [1.165, 1.54) is 50.5 Å². The lowest BCUT2D eigenvalue weighted by atomic mass is 9.92. The summed E-state index contributed by atoms with van der Waals surface area (Å²) in [7, 11) is 0. The molecule has 3 aliphatic rings. The van der Waals surface area contributed by atoms with Gasteiger partial charge in [-0.15, -0.1) is 0 Å². The second-order valence-corrected chi connectivity index (χ2v) is 6.44. The lowest BCUT2D eigenvalue weighted by molar-refractivity contribution is 0.690. The van der Waals surface area contributed by atoms with Gasteiger partial charge in [0.15, 0.2) is 0 Å². The molecule has 0 aromatic heterocycles. The van der Waals surface area contributed by atoms with E-state index >= 15 is 0 Å². The maximum atomic E-state index is 2.49. The highest BCUT2D eigenvalue weighted by molar-refractivity contribution is 5.66. The largest absolute Gasteiger partial charge is 0.0807 e. The lowest BCUT2D eigenvalue weighted by Crippen LogP contribution is -1.93. The van der Waals surface area contributed by atoms with Crippen LogP contribution in [-0.2, 0) is 0 Å². The van der Waals surface area contributed by atoms with Crippen molar-refractivity contribution in [3.63, 3.8) is 0 Å². The van der Waals surface area contributed by atoms with Crippen LogP contribution in [0.3, 0.4) is 0 Å². The zero-order valence-corrected chi connectivity index (χ0v) is 11.1. The molecule has 0 bridgehead atoms. The van der Waals surface area contributed by atoms with Gasteiger partial charge in [0.05, 0.1) is 0 Å². The van der Waals surface area contributed by atoms with Crippen molar-refractivity contribution in [2.75, 3.05) is 0 Å². The molecule has 0 amide bonds. The number of hydrogen-bond acceptors (Lipinski definition) is 0. The lowest BCUT2D eigenvalue weighted by Gasteiger charge is -2.14. The van der Waals surface area contributed by atoms with E-state index in [9.17, 15) is 0 Å². The van der Waals surface area contributed by atoms with E-state index < -0.39 is 0 Å². The average Bonchev–Trinajstić information content (AvgIpc) is 3.30. The Bertz CT molecular complexity index is 479. The van der Waals surface area contributed by atoms with Gasteiger partial charge in [0.2, 0.25) is 0 Å². The second-order valence-electron chi connectivity index (χ2n) is 6.44. The van der Waals surface area contributed by atoms with Crippen molar-refractivity contribution < 1.29 is 0 Å². The Morgan fingerprint density at radius 3 is 2.78 bits per heavy atom. The third-order valence-electron chi connectivity index (χ3n) is 5.04. The molecule has 0 nitrogen and oxygen atoms in total. The minimum atomic E-state index is 0.904. The van der Waals surface area contributed by atoms with Crippen molar-refractivity contribution in [1.29, 1.82) is 0 Å². The third kappa shape index (κ3) is 2.02. The predicted octanol–water partition coefficient (Wildman–Crippen LogP) is 5.16. The van der Waals surface area contributed by atoms with Crippen LogP contribution in [0.15, 0.2) is 30.3 Å². The number of benzene rings is 1. The topological polar surface area (TPSA) is 0 Å². The quantitative estimate of drug-likeness (QED) is 0.682. The fraction of sp³-hybridized carbons (Fsp3) is 0.556. The van der Waals surface area contributed by atoms with Crippen molar-refractivity contribution in [3.05, 3.63) is 41.5 Å². The molecule has 94 valence electrons. The zero-order valence-electron chi connectivity index (χ0n) is 11.1. The van der Waals surface area contributed by atoms with E-state index in [0.29, 0.717) is 0 Å². The van der Waals surface area contributed by atoms with Gasteiger partial charge in [-0.2, -0.15) is 0 Å². The Balaban J connectivity index is 1.56. The summed E-state index contributed by atoms with van der Waals surface area (Å²) in [5, 5.41) is 0. The van der Waals surface area contributed by atoms with Crippen LogP contribution in [0.2, 0.25) is 0 Å². The molecular formula is C18H22. The van der Waals surface area contributed by atoms with Crippen LogP contribution >= 0.6 is 0 Å². The first-order chi connectivity index (χ1) is 8.92. The SMILES string of the molecule is C1=C(c2cccc(C3CC3C3CC3)c2)CCCC1. The molecular weight excluding hydrogens is 216 g/mol. The fourth-order valence-electron chi connectivity index (χ4n) is 3.71. The number of hydrogen-bond donors (Lipinski definition) is 0. The van der Waals surface area contributed by atoms with Crippen LogP contribution in [0.5, 0.6) is 0 Å². The van der Waals surface area contributed by atoms with Crippen LogP contribution < -0.4 is 0 Å². The molecule has 2 unspecified atom stereocenters. The summed E-state index contributed by atoms with van der Waals surface area (Å²) in [5.74, 6) is 3.04. The normalized spacial score (nSPS) is 31.0. The molecule has 0 heteroatoms. The molecule has 0 heterocycles. The maximum Gasteiger partial charge on any atom is -0.0128 e. The van der Waals surface area contributed by atoms with E-state index in [2.05, 4.69) is 30.3 Å². The zero-order chi connectivity index (χ0) is 11.9. The van der Waals surface area contributed by atoms with Gasteiger partial charge in [0.25, 0.3) is 0 Å². The first-order valence-corrected chi connectivity index (χ1v) is 7.71. The summed E-state index contributed by atoms with van der Waals surface area (Å²) >= 11 is 0. The van der Waals surface area contributed by atoms with Gasteiger partial charge in [0.1, 0.15) is 0 Å². The highest BCUT2D eigenvalue weighted by Gasteiger charge is 2.47. The van der Waals surface area contributed by atoms with Gasteiger partial charge in [-0.3, -0.25) is 0 Å². The second kappa shape index (κ2) is 4.26. The van der Waals surface area contributed by atoms with Gasteiger partial charge in [-0.05, 0) is 79.4 Å². The molecule has 0 N–H and O–H groups in total. The Morgan fingerprint density at radius 2 is 2.00 bits per heavy atom. The molecule has 1 aromatic rings. The first-order valence-electron chi connectivity index (χ1n) is 7.71. The Hall–Kier alpha value is -1.04. The number of rotatable bonds is 3. The van der Waals surface area contributed by atoms with E-state index in [1.807, 2.05) is 0 Å². The van der Waals surface area contributed by atoms with Gasteiger partial charge in [-0.25, -0.2) is 0 Å². The van der Waals surface area contributed by atoms with E-state index in [1.54, 1.807) is 11.1 Å². The van der Waals surface area contributed by atoms with Crippen LogP contribution in [0.1, 0.15) is 62.0 Å². The summed E-state index contributed by atoms with van der Waals surface area (Å²) in [6.45, 7) is 0. The summed E-state index contributed by atoms with van der Waals surface area (Å²) in [4.78, 5) is 0. The minimum absolute atomic E-state index is 0.904.